The summed E-state index contributed by atoms with van der Waals surface area (Å²) in [4.78, 5) is 29.7. The average Bonchev–Trinajstić information content (AvgIpc) is 3.72. The Hall–Kier alpha value is -2.68. The van der Waals surface area contributed by atoms with E-state index in [1.807, 2.05) is 0 Å². The van der Waals surface area contributed by atoms with Gasteiger partial charge in [-0.05, 0) is 74.1 Å². The molecule has 0 bridgehead atoms. The topological polar surface area (TPSA) is 49.9 Å². The molecule has 0 aromatic heterocycles. The van der Waals surface area contributed by atoms with Gasteiger partial charge in [-0.3, -0.25) is 9.59 Å². The van der Waals surface area contributed by atoms with Crippen LogP contribution in [0.3, 0.4) is 0 Å². The lowest BCUT2D eigenvalue weighted by Crippen LogP contribution is -2.52. The first-order valence-corrected chi connectivity index (χ1v) is 13.9. The van der Waals surface area contributed by atoms with Crippen molar-refractivity contribution in [3.63, 3.8) is 0 Å². The summed E-state index contributed by atoms with van der Waals surface area (Å²) >= 11 is 1.07. The molecule has 2 heterocycles. The van der Waals surface area contributed by atoms with Gasteiger partial charge < -0.3 is 14.5 Å². The average molecular weight is 533 g/mol. The van der Waals surface area contributed by atoms with Gasteiger partial charge >= 0.3 is 0 Å². The zero-order valence-corrected chi connectivity index (χ0v) is 21.5. The van der Waals surface area contributed by atoms with Crippen molar-refractivity contribution in [3.8, 4) is 5.75 Å². The third kappa shape index (κ3) is 6.25. The van der Waals surface area contributed by atoms with Crippen molar-refractivity contribution in [2.45, 2.75) is 43.4 Å². The highest BCUT2D eigenvalue weighted by atomic mass is 32.2. The molecule has 0 atom stereocenters. The van der Waals surface area contributed by atoms with Crippen LogP contribution in [-0.2, 0) is 4.79 Å². The van der Waals surface area contributed by atoms with Crippen LogP contribution in [0.15, 0.2) is 41.3 Å². The van der Waals surface area contributed by atoms with Crippen molar-refractivity contribution in [2.75, 3.05) is 38.5 Å². The van der Waals surface area contributed by atoms with Gasteiger partial charge in [-0.15, -0.1) is 11.8 Å². The minimum atomic E-state index is -0.667. The Morgan fingerprint density at radius 2 is 1.73 bits per heavy atom. The van der Waals surface area contributed by atoms with Gasteiger partial charge in [0.15, 0.2) is 0 Å². The monoisotopic (exact) mass is 532 g/mol. The smallest absolute Gasteiger partial charge is 0.256 e. The van der Waals surface area contributed by atoms with E-state index in [9.17, 15) is 22.8 Å². The first-order valence-electron chi connectivity index (χ1n) is 12.9. The Balaban J connectivity index is 1.14. The first-order chi connectivity index (χ1) is 17.8. The molecule has 0 radical (unpaired) electrons. The minimum absolute atomic E-state index is 0.0634. The molecule has 2 aliphatic heterocycles. The maximum absolute atomic E-state index is 14.8. The summed E-state index contributed by atoms with van der Waals surface area (Å²) in [5.74, 6) is -1.17. The van der Waals surface area contributed by atoms with E-state index >= 15 is 0 Å². The van der Waals surface area contributed by atoms with E-state index in [0.29, 0.717) is 44.5 Å². The highest BCUT2D eigenvalue weighted by Gasteiger charge is 2.41. The maximum atomic E-state index is 14.8. The number of carbonyl (C=O) groups excluding carboxylic acids is 2. The van der Waals surface area contributed by atoms with E-state index in [4.69, 9.17) is 4.74 Å². The number of halogens is 3. The predicted molar refractivity (Wildman–Crippen MR) is 135 cm³/mol. The number of ether oxygens (including phenoxy) is 1. The van der Waals surface area contributed by atoms with Gasteiger partial charge in [0.2, 0.25) is 5.91 Å². The maximum Gasteiger partial charge on any atom is 0.256 e. The lowest BCUT2D eigenvalue weighted by molar-refractivity contribution is -0.131. The van der Waals surface area contributed by atoms with Crippen LogP contribution in [0.4, 0.5) is 13.2 Å². The van der Waals surface area contributed by atoms with Crippen LogP contribution < -0.4 is 4.74 Å². The third-order valence-corrected chi connectivity index (χ3v) is 8.76. The van der Waals surface area contributed by atoms with E-state index in [0.717, 1.165) is 56.4 Å². The molecular weight excluding hydrogens is 501 g/mol. The Morgan fingerprint density at radius 3 is 2.43 bits per heavy atom. The van der Waals surface area contributed by atoms with Gasteiger partial charge in [-0.25, -0.2) is 13.2 Å². The lowest BCUT2D eigenvalue weighted by atomic mass is 9.72. The number of hydrogen-bond acceptors (Lipinski definition) is 4. The Kier molecular flexibility index (Phi) is 7.70. The molecule has 2 amide bonds. The fourth-order valence-electron chi connectivity index (χ4n) is 5.27. The number of thioether (sulfide) groups is 1. The summed E-state index contributed by atoms with van der Waals surface area (Å²) in [6.07, 6.45) is 5.62. The number of carbonyl (C=O) groups is 2. The molecule has 3 aliphatic rings. The van der Waals surface area contributed by atoms with Gasteiger partial charge in [0.25, 0.3) is 5.91 Å². The van der Waals surface area contributed by atoms with Crippen LogP contribution in [0.2, 0.25) is 0 Å². The fourth-order valence-corrected chi connectivity index (χ4v) is 6.09. The molecule has 2 aromatic rings. The van der Waals surface area contributed by atoms with Crippen LogP contribution in [0.25, 0.3) is 0 Å². The summed E-state index contributed by atoms with van der Waals surface area (Å²) in [7, 11) is 0. The van der Waals surface area contributed by atoms with Crippen LogP contribution in [0, 0.1) is 28.8 Å². The predicted octanol–water partition coefficient (Wildman–Crippen LogP) is 5.53. The zero-order chi connectivity index (χ0) is 26.0. The van der Waals surface area contributed by atoms with Gasteiger partial charge in [-0.2, -0.15) is 0 Å². The van der Waals surface area contributed by atoms with E-state index in [1.165, 1.54) is 24.3 Å². The number of benzene rings is 2. The number of piperidine rings is 2. The molecule has 3 fully saturated rings. The van der Waals surface area contributed by atoms with Gasteiger partial charge in [0.05, 0.1) is 17.9 Å². The summed E-state index contributed by atoms with van der Waals surface area (Å²) in [6.45, 7) is 2.84. The SMILES string of the molecule is O=C(CSc1ccc(F)cc1F)N1CCC2(CCCN(C(=O)c3ccc(OCC4CC4)cc3F)C2)CC1. The van der Waals surface area contributed by atoms with E-state index in [2.05, 4.69) is 0 Å². The number of hydrogen-bond donors (Lipinski definition) is 0. The Bertz CT molecular complexity index is 1170. The highest BCUT2D eigenvalue weighted by Crippen LogP contribution is 2.40. The Morgan fingerprint density at radius 1 is 0.946 bits per heavy atom. The quantitative estimate of drug-likeness (QED) is 0.440. The van der Waals surface area contributed by atoms with E-state index in [1.54, 1.807) is 15.9 Å². The molecule has 198 valence electrons. The second kappa shape index (κ2) is 11.0. The lowest BCUT2D eigenvalue weighted by Gasteiger charge is -2.47. The van der Waals surface area contributed by atoms with Gasteiger partial charge in [-0.1, -0.05) is 0 Å². The largest absolute Gasteiger partial charge is 0.493 e. The normalized spacial score (nSPS) is 19.2. The van der Waals surface area contributed by atoms with Crippen molar-refractivity contribution >= 4 is 23.6 Å². The molecule has 2 saturated heterocycles. The summed E-state index contributed by atoms with van der Waals surface area (Å²) in [5.41, 5.74) is -0.0292. The number of rotatable bonds is 7. The number of nitrogens with zero attached hydrogens (tertiary/aromatic N) is 2. The van der Waals surface area contributed by atoms with Crippen molar-refractivity contribution in [2.24, 2.45) is 11.3 Å². The van der Waals surface area contributed by atoms with Crippen LogP contribution in [-0.4, -0.2) is 60.2 Å². The van der Waals surface area contributed by atoms with Crippen molar-refractivity contribution in [1.82, 2.24) is 9.80 Å². The highest BCUT2D eigenvalue weighted by molar-refractivity contribution is 8.00. The summed E-state index contributed by atoms with van der Waals surface area (Å²) in [6, 6.07) is 7.83. The molecule has 0 unspecified atom stereocenters. The molecular formula is C28H31F3N2O3S. The molecule has 1 saturated carbocycles. The van der Waals surface area contributed by atoms with E-state index in [-0.39, 0.29) is 33.4 Å². The molecule has 5 rings (SSSR count). The van der Waals surface area contributed by atoms with Crippen molar-refractivity contribution < 1.29 is 27.5 Å². The van der Waals surface area contributed by atoms with Crippen LogP contribution >= 0.6 is 11.8 Å². The first kappa shape index (κ1) is 25.9. The molecule has 1 spiro atoms. The molecule has 2 aromatic carbocycles. The fraction of sp³-hybridized carbons (Fsp3) is 0.500. The standard InChI is InChI=1S/C28H31F3N2O3S/c29-20-4-7-25(24(31)14-20)37-17-26(34)32-12-9-28(10-13-32)8-1-11-33(18-28)27(35)22-6-5-21(15-23(22)30)36-16-19-2-3-19/h4-7,14-15,19H,1-3,8-13,16-18H2. The second-order valence-electron chi connectivity index (χ2n) is 10.5. The number of likely N-dealkylation sites (tertiary alicyclic amines) is 2. The third-order valence-electron chi connectivity index (χ3n) is 7.72. The zero-order valence-electron chi connectivity index (χ0n) is 20.7. The molecule has 0 N–H and O–H groups in total. The molecule has 9 heteroatoms. The summed E-state index contributed by atoms with van der Waals surface area (Å²) < 4.78 is 47.4. The number of amides is 2. The van der Waals surface area contributed by atoms with Crippen LogP contribution in [0.1, 0.15) is 48.9 Å². The van der Waals surface area contributed by atoms with Gasteiger partial charge in [0, 0.05) is 43.2 Å². The summed E-state index contributed by atoms with van der Waals surface area (Å²) in [5, 5.41) is 0. The molecule has 5 nitrogen and oxygen atoms in total. The van der Waals surface area contributed by atoms with Gasteiger partial charge in [0.1, 0.15) is 23.2 Å². The van der Waals surface area contributed by atoms with Crippen LogP contribution in [0.5, 0.6) is 5.75 Å². The van der Waals surface area contributed by atoms with E-state index < -0.39 is 17.5 Å². The Labute approximate surface area is 219 Å². The molecule has 1 aliphatic carbocycles. The van der Waals surface area contributed by atoms with Crippen molar-refractivity contribution in [3.05, 3.63) is 59.4 Å². The van der Waals surface area contributed by atoms with Crippen molar-refractivity contribution in [1.29, 1.82) is 0 Å². The second-order valence-corrected chi connectivity index (χ2v) is 11.5. The molecule has 37 heavy (non-hydrogen) atoms. The minimum Gasteiger partial charge on any atom is -0.493 e.